The maximum Gasteiger partial charge on any atom is 0.141 e. The molecule has 0 bridgehead atoms. The number of nitriles is 1. The highest BCUT2D eigenvalue weighted by Gasteiger charge is 2.22. The molecule has 3 nitrogen and oxygen atoms in total. The van der Waals surface area contributed by atoms with Crippen molar-refractivity contribution in [3.8, 4) is 6.07 Å². The quantitative estimate of drug-likeness (QED) is 0.727. The fraction of sp³-hybridized carbons (Fsp3) is 0.385. The molecule has 2 aromatic heterocycles. The van der Waals surface area contributed by atoms with Crippen molar-refractivity contribution >= 4 is 11.0 Å². The van der Waals surface area contributed by atoms with E-state index in [0.29, 0.717) is 6.04 Å². The van der Waals surface area contributed by atoms with Crippen molar-refractivity contribution in [2.75, 3.05) is 0 Å². The van der Waals surface area contributed by atoms with Crippen molar-refractivity contribution in [1.29, 1.82) is 5.26 Å². The summed E-state index contributed by atoms with van der Waals surface area (Å²) in [6, 6.07) is 4.87. The first kappa shape index (κ1) is 9.41. The lowest BCUT2D eigenvalue weighted by Crippen LogP contribution is -2.16. The van der Waals surface area contributed by atoms with Crippen molar-refractivity contribution in [3.05, 3.63) is 29.6 Å². The average molecular weight is 211 g/mol. The van der Waals surface area contributed by atoms with E-state index in [1.807, 2.05) is 19.3 Å². The van der Waals surface area contributed by atoms with Crippen LogP contribution in [-0.4, -0.2) is 9.55 Å². The molecule has 80 valence electrons. The predicted octanol–water partition coefficient (Wildman–Crippen LogP) is 2.94. The van der Waals surface area contributed by atoms with Gasteiger partial charge in [-0.1, -0.05) is 0 Å². The number of hydrogen-bond donors (Lipinski definition) is 0. The second-order valence-corrected chi connectivity index (χ2v) is 4.53. The molecule has 0 unspecified atom stereocenters. The molecule has 1 fully saturated rings. The van der Waals surface area contributed by atoms with Gasteiger partial charge in [-0.25, -0.2) is 4.98 Å². The largest absolute Gasteiger partial charge is 0.328 e. The molecule has 1 saturated carbocycles. The topological polar surface area (TPSA) is 41.6 Å². The molecule has 3 heteroatoms. The van der Waals surface area contributed by atoms with Gasteiger partial charge in [-0.15, -0.1) is 0 Å². The smallest absolute Gasteiger partial charge is 0.141 e. The van der Waals surface area contributed by atoms with E-state index in [4.69, 9.17) is 5.26 Å². The number of fused-ring (bicyclic) bond motifs is 1. The van der Waals surface area contributed by atoms with Gasteiger partial charge in [-0.3, -0.25) is 0 Å². The van der Waals surface area contributed by atoms with E-state index in [0.717, 1.165) is 22.2 Å². The first-order valence-corrected chi connectivity index (χ1v) is 5.67. The molecule has 1 aliphatic rings. The van der Waals surface area contributed by atoms with Crippen LogP contribution < -0.4 is 0 Å². The molecule has 0 saturated heterocycles. The minimum Gasteiger partial charge on any atom is -0.328 e. The van der Waals surface area contributed by atoms with E-state index in [1.165, 1.54) is 19.3 Å². The van der Waals surface area contributed by atoms with E-state index in [-0.39, 0.29) is 0 Å². The summed E-state index contributed by atoms with van der Waals surface area (Å²) in [6.07, 6.45) is 7.55. The molecule has 0 radical (unpaired) electrons. The minimum absolute atomic E-state index is 0.555. The lowest BCUT2D eigenvalue weighted by molar-refractivity contribution is 0.320. The van der Waals surface area contributed by atoms with E-state index < -0.39 is 0 Å². The maximum absolute atomic E-state index is 9.12. The summed E-state index contributed by atoms with van der Waals surface area (Å²) in [6.45, 7) is 2.01. The first-order valence-electron chi connectivity index (χ1n) is 5.67. The summed E-state index contributed by atoms with van der Waals surface area (Å²) in [7, 11) is 0. The molecule has 1 aliphatic carbocycles. The lowest BCUT2D eigenvalue weighted by Gasteiger charge is -2.27. The Bertz CT molecular complexity index is 585. The number of hydrogen-bond acceptors (Lipinski definition) is 2. The monoisotopic (exact) mass is 211 g/mol. The Labute approximate surface area is 94.3 Å². The summed E-state index contributed by atoms with van der Waals surface area (Å²) in [5.74, 6) is 0. The van der Waals surface area contributed by atoms with Crippen molar-refractivity contribution in [2.24, 2.45) is 0 Å². The van der Waals surface area contributed by atoms with Gasteiger partial charge in [0.2, 0.25) is 0 Å². The maximum atomic E-state index is 9.12. The van der Waals surface area contributed by atoms with Crippen LogP contribution in [0.25, 0.3) is 11.0 Å². The van der Waals surface area contributed by atoms with Gasteiger partial charge in [0, 0.05) is 23.8 Å². The van der Waals surface area contributed by atoms with Gasteiger partial charge >= 0.3 is 0 Å². The van der Waals surface area contributed by atoms with Crippen LogP contribution in [0, 0.1) is 18.3 Å². The van der Waals surface area contributed by atoms with Crippen molar-refractivity contribution in [1.82, 2.24) is 9.55 Å². The zero-order valence-electron chi connectivity index (χ0n) is 9.27. The van der Waals surface area contributed by atoms with Gasteiger partial charge in [0.15, 0.2) is 0 Å². The zero-order valence-corrected chi connectivity index (χ0v) is 9.27. The Morgan fingerprint density at radius 2 is 2.31 bits per heavy atom. The Morgan fingerprint density at radius 1 is 1.50 bits per heavy atom. The van der Waals surface area contributed by atoms with E-state index in [2.05, 4.69) is 21.7 Å². The first-order chi connectivity index (χ1) is 7.79. The molecule has 2 aromatic rings. The molecule has 0 atom stereocenters. The van der Waals surface area contributed by atoms with Gasteiger partial charge in [-0.05, 0) is 37.8 Å². The van der Waals surface area contributed by atoms with Gasteiger partial charge in [-0.2, -0.15) is 5.26 Å². The molecular weight excluding hydrogens is 198 g/mol. The van der Waals surface area contributed by atoms with Gasteiger partial charge < -0.3 is 4.57 Å². The summed E-state index contributed by atoms with van der Waals surface area (Å²) in [5, 5.41) is 10.1. The molecular formula is C13H13N3. The fourth-order valence-corrected chi connectivity index (χ4v) is 2.27. The van der Waals surface area contributed by atoms with E-state index in [9.17, 15) is 0 Å². The van der Waals surface area contributed by atoms with Crippen molar-refractivity contribution in [2.45, 2.75) is 32.2 Å². The average Bonchev–Trinajstić information content (AvgIpc) is 2.54. The van der Waals surface area contributed by atoms with Crippen molar-refractivity contribution < 1.29 is 0 Å². The van der Waals surface area contributed by atoms with Crippen LogP contribution in [0.1, 0.15) is 36.4 Å². The summed E-state index contributed by atoms with van der Waals surface area (Å²) >= 11 is 0. The summed E-state index contributed by atoms with van der Waals surface area (Å²) < 4.78 is 2.18. The number of aryl methyl sites for hydroxylation is 1. The number of nitrogens with zero attached hydrogens (tertiary/aromatic N) is 3. The Kier molecular flexibility index (Phi) is 1.97. The molecule has 0 N–H and O–H groups in total. The SMILES string of the molecule is Cc1cnc2c(c1)c(C#N)cn2C1CCC1. The number of rotatable bonds is 1. The fourth-order valence-electron chi connectivity index (χ4n) is 2.27. The van der Waals surface area contributed by atoms with Crippen LogP contribution in [0.5, 0.6) is 0 Å². The molecule has 0 aromatic carbocycles. The molecule has 0 spiro atoms. The zero-order chi connectivity index (χ0) is 11.1. The van der Waals surface area contributed by atoms with Crippen molar-refractivity contribution in [3.63, 3.8) is 0 Å². The van der Waals surface area contributed by atoms with Gasteiger partial charge in [0.05, 0.1) is 5.56 Å². The van der Waals surface area contributed by atoms with Gasteiger partial charge in [0.1, 0.15) is 11.7 Å². The second kappa shape index (κ2) is 3.34. The molecule has 0 amide bonds. The molecule has 16 heavy (non-hydrogen) atoms. The van der Waals surface area contributed by atoms with Crippen LogP contribution in [0.15, 0.2) is 18.5 Å². The third-order valence-electron chi connectivity index (χ3n) is 3.39. The third kappa shape index (κ3) is 1.23. The Hall–Kier alpha value is -1.82. The van der Waals surface area contributed by atoms with Crippen LogP contribution >= 0.6 is 0 Å². The van der Waals surface area contributed by atoms with Crippen LogP contribution in [0.4, 0.5) is 0 Å². The summed E-state index contributed by atoms with van der Waals surface area (Å²) in [5.41, 5.74) is 2.82. The normalized spacial score (nSPS) is 16.0. The Balaban J connectivity index is 2.26. The number of aromatic nitrogens is 2. The standard InChI is InChI=1S/C13H13N3/c1-9-5-12-10(6-14)8-16(11-3-2-4-11)13(12)15-7-9/h5,7-8,11H,2-4H2,1H3. The highest BCUT2D eigenvalue weighted by molar-refractivity contribution is 5.83. The van der Waals surface area contributed by atoms with Crippen LogP contribution in [0.3, 0.4) is 0 Å². The van der Waals surface area contributed by atoms with Crippen LogP contribution in [0.2, 0.25) is 0 Å². The molecule has 3 rings (SSSR count). The van der Waals surface area contributed by atoms with Crippen LogP contribution in [-0.2, 0) is 0 Å². The lowest BCUT2D eigenvalue weighted by atomic mass is 9.93. The molecule has 2 heterocycles. The third-order valence-corrected chi connectivity index (χ3v) is 3.39. The minimum atomic E-state index is 0.555. The Morgan fingerprint density at radius 3 is 2.94 bits per heavy atom. The van der Waals surface area contributed by atoms with E-state index in [1.54, 1.807) is 0 Å². The second-order valence-electron chi connectivity index (χ2n) is 4.53. The molecule has 0 aliphatic heterocycles. The van der Waals surface area contributed by atoms with Gasteiger partial charge in [0.25, 0.3) is 0 Å². The summed E-state index contributed by atoms with van der Waals surface area (Å²) in [4.78, 5) is 4.46. The highest BCUT2D eigenvalue weighted by atomic mass is 15.1. The number of pyridine rings is 1. The highest BCUT2D eigenvalue weighted by Crippen LogP contribution is 2.35. The predicted molar refractivity (Wildman–Crippen MR) is 62.1 cm³/mol. The van der Waals surface area contributed by atoms with E-state index >= 15 is 0 Å².